The Hall–Kier alpha value is -1.81. The Labute approximate surface area is 154 Å². The number of halogens is 1. The van der Waals surface area contributed by atoms with E-state index in [9.17, 15) is 4.79 Å². The summed E-state index contributed by atoms with van der Waals surface area (Å²) in [6.45, 7) is 6.84. The number of aromatic nitrogens is 2. The first-order chi connectivity index (χ1) is 11.9. The lowest BCUT2D eigenvalue weighted by Crippen LogP contribution is -2.43. The maximum absolute atomic E-state index is 12.8. The average Bonchev–Trinajstić information content (AvgIpc) is 2.96. The molecule has 0 spiro atoms. The van der Waals surface area contributed by atoms with Crippen LogP contribution in [0.1, 0.15) is 67.3 Å². The largest absolute Gasteiger partial charge is 0.346 e. The molecule has 0 saturated heterocycles. The van der Waals surface area contributed by atoms with Gasteiger partial charge in [-0.15, -0.1) is 0 Å². The van der Waals surface area contributed by atoms with Crippen LogP contribution in [0, 0.1) is 0 Å². The maximum Gasteiger partial charge on any atom is 0.272 e. The second kappa shape index (κ2) is 7.20. The van der Waals surface area contributed by atoms with Crippen molar-refractivity contribution in [3.05, 3.63) is 51.8 Å². The van der Waals surface area contributed by atoms with Crippen LogP contribution in [0.3, 0.4) is 0 Å². The molecule has 1 heterocycles. The zero-order chi connectivity index (χ0) is 18.0. The van der Waals surface area contributed by atoms with Gasteiger partial charge in [-0.25, -0.2) is 0 Å². The van der Waals surface area contributed by atoms with Crippen molar-refractivity contribution in [3.63, 3.8) is 0 Å². The summed E-state index contributed by atoms with van der Waals surface area (Å²) in [4.78, 5) is 12.8. The van der Waals surface area contributed by atoms with Crippen molar-refractivity contribution in [2.24, 2.45) is 0 Å². The van der Waals surface area contributed by atoms with Crippen LogP contribution in [0.25, 0.3) is 0 Å². The number of carbonyl (C=O) groups excluding carboxylic acids is 1. The van der Waals surface area contributed by atoms with Crippen LogP contribution in [0.2, 0.25) is 5.02 Å². The third kappa shape index (κ3) is 4.06. The highest BCUT2D eigenvalue weighted by Gasteiger charge is 2.27. The molecule has 3 rings (SSSR count). The van der Waals surface area contributed by atoms with E-state index in [1.807, 2.05) is 42.8 Å². The molecule has 0 saturated carbocycles. The molecule has 0 unspecified atom stereocenters. The molecule has 0 aliphatic heterocycles. The van der Waals surface area contributed by atoms with Crippen molar-refractivity contribution in [2.75, 3.05) is 0 Å². The highest BCUT2D eigenvalue weighted by Crippen LogP contribution is 2.26. The van der Waals surface area contributed by atoms with Crippen LogP contribution in [0.4, 0.5) is 0 Å². The molecule has 0 atom stereocenters. The number of nitrogens with zero attached hydrogens (tertiary/aromatic N) is 2. The van der Waals surface area contributed by atoms with Gasteiger partial charge in [-0.05, 0) is 63.6 Å². The van der Waals surface area contributed by atoms with Gasteiger partial charge in [-0.2, -0.15) is 5.10 Å². The first-order valence-electron chi connectivity index (χ1n) is 9.05. The Morgan fingerprint density at radius 3 is 2.60 bits per heavy atom. The molecule has 0 fully saturated rings. The Morgan fingerprint density at radius 2 is 1.92 bits per heavy atom. The van der Waals surface area contributed by atoms with E-state index >= 15 is 0 Å². The van der Waals surface area contributed by atoms with E-state index in [-0.39, 0.29) is 11.4 Å². The van der Waals surface area contributed by atoms with Gasteiger partial charge in [0.2, 0.25) is 0 Å². The fraction of sp³-hybridized carbons (Fsp3) is 0.500. The van der Waals surface area contributed by atoms with Gasteiger partial charge in [-0.3, -0.25) is 9.48 Å². The van der Waals surface area contributed by atoms with Crippen molar-refractivity contribution in [1.29, 1.82) is 0 Å². The van der Waals surface area contributed by atoms with Gasteiger partial charge in [0.15, 0.2) is 5.69 Å². The molecule has 1 aromatic carbocycles. The van der Waals surface area contributed by atoms with Crippen molar-refractivity contribution in [2.45, 2.75) is 65.0 Å². The second-order valence-electron chi connectivity index (χ2n) is 7.46. The number of fused-ring (bicyclic) bond motifs is 1. The molecule has 1 amide bonds. The van der Waals surface area contributed by atoms with Gasteiger partial charge >= 0.3 is 0 Å². The van der Waals surface area contributed by atoms with E-state index in [0.717, 1.165) is 48.3 Å². The van der Waals surface area contributed by atoms with Crippen LogP contribution in [0.15, 0.2) is 24.3 Å². The van der Waals surface area contributed by atoms with Crippen LogP contribution in [0.5, 0.6) is 0 Å². The minimum absolute atomic E-state index is 0.0557. The number of carbonyl (C=O) groups is 1. The van der Waals surface area contributed by atoms with Gasteiger partial charge in [0.1, 0.15) is 0 Å². The third-order valence-electron chi connectivity index (χ3n) is 5.05. The first-order valence-corrected chi connectivity index (χ1v) is 9.43. The summed E-state index contributed by atoms with van der Waals surface area (Å²) < 4.78 is 2.01. The van der Waals surface area contributed by atoms with Crippen LogP contribution in [-0.4, -0.2) is 21.2 Å². The van der Waals surface area contributed by atoms with Crippen LogP contribution >= 0.6 is 11.6 Å². The lowest BCUT2D eigenvalue weighted by Gasteiger charge is -2.24. The van der Waals surface area contributed by atoms with E-state index in [4.69, 9.17) is 16.7 Å². The number of amides is 1. The minimum Gasteiger partial charge on any atom is -0.346 e. The summed E-state index contributed by atoms with van der Waals surface area (Å²) in [5, 5.41) is 8.55. The van der Waals surface area contributed by atoms with E-state index in [1.165, 1.54) is 5.69 Å². The van der Waals surface area contributed by atoms with Gasteiger partial charge in [0, 0.05) is 21.8 Å². The Bertz CT molecular complexity index is 762. The molecular formula is C20H26ClN3O. The second-order valence-corrected chi connectivity index (χ2v) is 7.89. The summed E-state index contributed by atoms with van der Waals surface area (Å²) in [7, 11) is 0. The molecule has 1 N–H and O–H groups in total. The number of nitrogens with one attached hydrogen (secondary N) is 1. The fourth-order valence-electron chi connectivity index (χ4n) is 3.20. The number of hydrogen-bond donors (Lipinski definition) is 1. The molecule has 2 aromatic rings. The standard InChI is InChI=1S/C20H26ClN3O/c1-4-20(2,3)22-19(25)18-16-7-5-6-8-17(16)24(23-18)13-14-9-11-15(21)12-10-14/h9-12H,4-8,13H2,1-3H3,(H,22,25). The Kier molecular flexibility index (Phi) is 5.19. The molecule has 25 heavy (non-hydrogen) atoms. The number of hydrogen-bond acceptors (Lipinski definition) is 2. The predicted octanol–water partition coefficient (Wildman–Crippen LogP) is 4.38. The minimum atomic E-state index is -0.224. The number of rotatable bonds is 5. The number of benzene rings is 1. The van der Waals surface area contributed by atoms with Crippen molar-refractivity contribution >= 4 is 17.5 Å². The van der Waals surface area contributed by atoms with Crippen molar-refractivity contribution in [3.8, 4) is 0 Å². The van der Waals surface area contributed by atoms with Gasteiger partial charge < -0.3 is 5.32 Å². The summed E-state index contributed by atoms with van der Waals surface area (Å²) in [6.07, 6.45) is 5.08. The normalized spacial score (nSPS) is 14.2. The Morgan fingerprint density at radius 1 is 1.24 bits per heavy atom. The van der Waals surface area contributed by atoms with Crippen LogP contribution < -0.4 is 5.32 Å². The molecule has 4 nitrogen and oxygen atoms in total. The predicted molar refractivity (Wildman–Crippen MR) is 101 cm³/mol. The van der Waals surface area contributed by atoms with E-state index < -0.39 is 0 Å². The summed E-state index contributed by atoms with van der Waals surface area (Å²) in [5.41, 5.74) is 3.86. The molecule has 1 aliphatic rings. The zero-order valence-corrected chi connectivity index (χ0v) is 16.0. The molecule has 134 valence electrons. The summed E-state index contributed by atoms with van der Waals surface area (Å²) in [6, 6.07) is 7.81. The molecular weight excluding hydrogens is 334 g/mol. The smallest absolute Gasteiger partial charge is 0.272 e. The van der Waals surface area contributed by atoms with E-state index in [1.54, 1.807) is 0 Å². The van der Waals surface area contributed by atoms with Crippen molar-refractivity contribution < 1.29 is 4.79 Å². The molecule has 1 aromatic heterocycles. The SMILES string of the molecule is CCC(C)(C)NC(=O)c1nn(Cc2ccc(Cl)cc2)c2c1CCCC2. The molecule has 5 heteroatoms. The quantitative estimate of drug-likeness (QED) is 0.861. The van der Waals surface area contributed by atoms with E-state index in [0.29, 0.717) is 12.2 Å². The summed E-state index contributed by atoms with van der Waals surface area (Å²) in [5.74, 6) is -0.0557. The molecule has 0 bridgehead atoms. The van der Waals surface area contributed by atoms with Gasteiger partial charge in [0.25, 0.3) is 5.91 Å². The first kappa shape index (κ1) is 18.0. The summed E-state index contributed by atoms with van der Waals surface area (Å²) >= 11 is 5.98. The highest BCUT2D eigenvalue weighted by atomic mass is 35.5. The van der Waals surface area contributed by atoms with Gasteiger partial charge in [-0.1, -0.05) is 30.7 Å². The van der Waals surface area contributed by atoms with Gasteiger partial charge in [0.05, 0.1) is 6.54 Å². The van der Waals surface area contributed by atoms with E-state index in [2.05, 4.69) is 12.2 Å². The fourth-order valence-corrected chi connectivity index (χ4v) is 3.33. The third-order valence-corrected chi connectivity index (χ3v) is 5.31. The molecule has 0 radical (unpaired) electrons. The lowest BCUT2D eigenvalue weighted by atomic mass is 9.94. The monoisotopic (exact) mass is 359 g/mol. The average molecular weight is 360 g/mol. The Balaban J connectivity index is 1.91. The van der Waals surface area contributed by atoms with Crippen molar-refractivity contribution in [1.82, 2.24) is 15.1 Å². The van der Waals surface area contributed by atoms with Crippen LogP contribution in [-0.2, 0) is 19.4 Å². The lowest BCUT2D eigenvalue weighted by molar-refractivity contribution is 0.0904. The maximum atomic E-state index is 12.8. The zero-order valence-electron chi connectivity index (χ0n) is 15.2. The highest BCUT2D eigenvalue weighted by molar-refractivity contribution is 6.30. The topological polar surface area (TPSA) is 46.9 Å². The molecule has 1 aliphatic carbocycles.